The van der Waals surface area contributed by atoms with Crippen LogP contribution in [0, 0.1) is 35.5 Å². The molecule has 0 N–H and O–H groups in total. The van der Waals surface area contributed by atoms with Crippen molar-refractivity contribution in [3.63, 3.8) is 0 Å². The average molecular weight is 549 g/mol. The molecule has 2 saturated carbocycles. The quantitative estimate of drug-likeness (QED) is 0.278. The Bertz CT molecular complexity index is 280. The van der Waals surface area contributed by atoms with Gasteiger partial charge in [-0.15, -0.1) is 0 Å². The van der Waals surface area contributed by atoms with Crippen molar-refractivity contribution in [2.24, 2.45) is 35.5 Å². The zero-order valence-corrected chi connectivity index (χ0v) is 19.2. The van der Waals surface area contributed by atoms with E-state index < -0.39 is 0 Å². The van der Waals surface area contributed by atoms with E-state index >= 15 is 0 Å². The molecule has 6 unspecified atom stereocenters. The Morgan fingerprint density at radius 2 is 0.862 bits per heavy atom. The van der Waals surface area contributed by atoms with Gasteiger partial charge in [0.25, 0.3) is 0 Å². The molecule has 0 nitrogen and oxygen atoms in total. The first-order valence-electron chi connectivity index (χ1n) is 10.2. The summed E-state index contributed by atoms with van der Waals surface area (Å²) in [6.07, 6.45) is 12.9. The number of hydrogen-bond donors (Lipinski definition) is 0. The fourth-order valence-corrected chi connectivity index (χ4v) is 6.41. The Morgan fingerprint density at radius 3 is 1.14 bits per heavy atom. The first kappa shape index (κ1) is 43.8. The molecule has 6 atom stereocenters. The average Bonchev–Trinajstić information content (AvgIpc) is 3.18. The molecular formula is C27H64Br2. The molecule has 186 valence electrons. The van der Waals surface area contributed by atoms with E-state index in [2.05, 4.69) is 59.6 Å². The van der Waals surface area contributed by atoms with Crippen molar-refractivity contribution < 1.29 is 0 Å². The van der Waals surface area contributed by atoms with Crippen LogP contribution >= 0.6 is 31.9 Å². The molecule has 2 fully saturated rings. The maximum Gasteiger partial charge on any atom is 0.00624 e. The Labute approximate surface area is 207 Å². The third-order valence-electron chi connectivity index (χ3n) is 6.76. The van der Waals surface area contributed by atoms with Gasteiger partial charge in [0.2, 0.25) is 0 Å². The van der Waals surface area contributed by atoms with E-state index in [4.69, 9.17) is 0 Å². The number of rotatable bonds is 7. The van der Waals surface area contributed by atoms with E-state index in [1.807, 2.05) is 0 Å². The molecule has 0 aromatic carbocycles. The second-order valence-corrected chi connectivity index (χ2v) is 9.42. The molecule has 0 bridgehead atoms. The van der Waals surface area contributed by atoms with Gasteiger partial charge in [0.05, 0.1) is 0 Å². The Kier molecular flexibility index (Phi) is 38.1. The molecule has 0 heterocycles. The first-order chi connectivity index (χ1) is 11.1. The van der Waals surface area contributed by atoms with Crippen LogP contribution in [0.4, 0.5) is 0 Å². The summed E-state index contributed by atoms with van der Waals surface area (Å²) in [6.45, 7) is 9.35. The van der Waals surface area contributed by atoms with Crippen molar-refractivity contribution in [2.45, 2.75) is 130 Å². The fourth-order valence-electron chi connectivity index (χ4n) is 5.02. The summed E-state index contributed by atoms with van der Waals surface area (Å²) in [7, 11) is 0. The topological polar surface area (TPSA) is 0 Å². The molecule has 0 aliphatic heterocycles. The third-order valence-corrected chi connectivity index (χ3v) is 8.05. The van der Waals surface area contributed by atoms with Crippen molar-refractivity contribution >= 4 is 31.9 Å². The van der Waals surface area contributed by atoms with Gasteiger partial charge in [0.1, 0.15) is 0 Å². The van der Waals surface area contributed by atoms with E-state index in [1.165, 1.54) is 68.4 Å². The normalized spacial score (nSPS) is 29.2. The number of hydrogen-bond acceptors (Lipinski definition) is 0. The second kappa shape index (κ2) is 25.2. The van der Waals surface area contributed by atoms with Crippen LogP contribution in [0.3, 0.4) is 0 Å². The molecule has 2 rings (SSSR count). The van der Waals surface area contributed by atoms with Crippen molar-refractivity contribution in [3.05, 3.63) is 0 Å². The van der Waals surface area contributed by atoms with Crippen molar-refractivity contribution in [1.29, 1.82) is 0 Å². The van der Waals surface area contributed by atoms with E-state index in [9.17, 15) is 0 Å². The standard InChI is InChI=1S/C11H21Br.C10H19Br.6CH4/c1-3-9-7-10(4-2)11(8-9)5-6-12;1-3-8-5-9(4-2)10(6-8)7-11;;;;;;/h9-11H,3-8H2,1-2H3;8-10H,3-7H2,1-2H3;6*1H4. The Morgan fingerprint density at radius 1 is 0.517 bits per heavy atom. The van der Waals surface area contributed by atoms with Gasteiger partial charge in [-0.2, -0.15) is 0 Å². The lowest BCUT2D eigenvalue weighted by atomic mass is 9.92. The minimum atomic E-state index is 0. The Hall–Kier alpha value is 0.960. The van der Waals surface area contributed by atoms with Crippen molar-refractivity contribution in [3.8, 4) is 0 Å². The van der Waals surface area contributed by atoms with Crippen LogP contribution in [-0.2, 0) is 0 Å². The highest BCUT2D eigenvalue weighted by Crippen LogP contribution is 2.42. The van der Waals surface area contributed by atoms with Crippen molar-refractivity contribution in [1.82, 2.24) is 0 Å². The van der Waals surface area contributed by atoms with Crippen LogP contribution < -0.4 is 0 Å². The van der Waals surface area contributed by atoms with Gasteiger partial charge in [-0.05, 0) is 67.6 Å². The van der Waals surface area contributed by atoms with Crippen LogP contribution in [0.1, 0.15) is 130 Å². The molecule has 0 amide bonds. The predicted molar refractivity (Wildman–Crippen MR) is 153 cm³/mol. The summed E-state index contributed by atoms with van der Waals surface area (Å²) in [5.74, 6) is 6.12. The maximum atomic E-state index is 3.61. The summed E-state index contributed by atoms with van der Waals surface area (Å²) < 4.78 is 0. The van der Waals surface area contributed by atoms with Gasteiger partial charge in [0.15, 0.2) is 0 Å². The molecule has 2 aliphatic carbocycles. The molecule has 0 aromatic rings. The van der Waals surface area contributed by atoms with E-state index in [0.29, 0.717) is 0 Å². The molecular weight excluding hydrogens is 484 g/mol. The maximum absolute atomic E-state index is 3.61. The highest BCUT2D eigenvalue weighted by atomic mass is 79.9. The van der Waals surface area contributed by atoms with Crippen LogP contribution in [0.25, 0.3) is 0 Å². The second-order valence-electron chi connectivity index (χ2n) is 7.98. The molecule has 0 saturated heterocycles. The van der Waals surface area contributed by atoms with Crippen LogP contribution in [0.2, 0.25) is 0 Å². The van der Waals surface area contributed by atoms with Crippen molar-refractivity contribution in [2.75, 3.05) is 10.7 Å². The summed E-state index contributed by atoms with van der Waals surface area (Å²) in [5, 5.41) is 2.42. The zero-order chi connectivity index (χ0) is 17.2. The third kappa shape index (κ3) is 14.6. The van der Waals surface area contributed by atoms with Gasteiger partial charge < -0.3 is 0 Å². The van der Waals surface area contributed by atoms with Crippen LogP contribution in [0.15, 0.2) is 0 Å². The molecule has 0 spiro atoms. The van der Waals surface area contributed by atoms with Crippen LogP contribution in [0.5, 0.6) is 0 Å². The van der Waals surface area contributed by atoms with Gasteiger partial charge >= 0.3 is 0 Å². The van der Waals surface area contributed by atoms with E-state index in [1.54, 1.807) is 0 Å². The lowest BCUT2D eigenvalue weighted by molar-refractivity contribution is 0.370. The van der Waals surface area contributed by atoms with Crippen LogP contribution in [-0.4, -0.2) is 10.7 Å². The highest BCUT2D eigenvalue weighted by Gasteiger charge is 2.31. The van der Waals surface area contributed by atoms with Gasteiger partial charge in [-0.25, -0.2) is 0 Å². The zero-order valence-electron chi connectivity index (χ0n) is 16.0. The van der Waals surface area contributed by atoms with E-state index in [-0.39, 0.29) is 44.6 Å². The van der Waals surface area contributed by atoms with Gasteiger partial charge in [-0.3, -0.25) is 0 Å². The highest BCUT2D eigenvalue weighted by molar-refractivity contribution is 9.09. The largest absolute Gasteiger partial charge is 0.0928 e. The smallest absolute Gasteiger partial charge is 0.00624 e. The predicted octanol–water partition coefficient (Wildman–Crippen LogP) is 11.9. The molecule has 29 heavy (non-hydrogen) atoms. The summed E-state index contributed by atoms with van der Waals surface area (Å²) >= 11 is 7.17. The van der Waals surface area contributed by atoms with Gasteiger partial charge in [-0.1, -0.05) is 130 Å². The number of halogens is 2. The fraction of sp³-hybridized carbons (Fsp3) is 1.00. The summed E-state index contributed by atoms with van der Waals surface area (Å²) in [5.41, 5.74) is 0. The lowest BCUT2D eigenvalue weighted by Crippen LogP contribution is -2.07. The summed E-state index contributed by atoms with van der Waals surface area (Å²) in [4.78, 5) is 0. The summed E-state index contributed by atoms with van der Waals surface area (Å²) in [6, 6.07) is 0. The number of alkyl halides is 2. The SMILES string of the molecule is C.C.C.C.C.C.CCC1CC(CC)C(CBr)C1.CCC1CC(CC)C(CCBr)C1. The van der Waals surface area contributed by atoms with E-state index in [0.717, 1.165) is 35.5 Å². The molecule has 0 radical (unpaired) electrons. The monoisotopic (exact) mass is 546 g/mol. The molecule has 2 aliphatic rings. The molecule has 0 aromatic heterocycles. The van der Waals surface area contributed by atoms with Gasteiger partial charge in [0, 0.05) is 10.7 Å². The minimum absolute atomic E-state index is 0. The minimum Gasteiger partial charge on any atom is -0.0928 e. The lowest BCUT2D eigenvalue weighted by Gasteiger charge is -2.15. The first-order valence-corrected chi connectivity index (χ1v) is 12.5. The Balaban J connectivity index is -0.0000000757. The molecule has 2 heteroatoms.